The zero-order valence-corrected chi connectivity index (χ0v) is 14.3. The fraction of sp³-hybridized carbons (Fsp3) is 0.550. The van der Waals surface area contributed by atoms with E-state index >= 15 is 0 Å². The highest BCUT2D eigenvalue weighted by atomic mass is 16.5. The lowest BCUT2D eigenvalue weighted by Crippen LogP contribution is -2.61. The van der Waals surface area contributed by atoms with E-state index in [0.29, 0.717) is 0 Å². The van der Waals surface area contributed by atoms with Crippen LogP contribution in [0.15, 0.2) is 30.5 Å². The van der Waals surface area contributed by atoms with Crippen LogP contribution in [0.25, 0.3) is 6.08 Å². The number of urea groups is 1. The maximum absolute atomic E-state index is 12.4. The number of methoxy groups -OCH3 is 1. The van der Waals surface area contributed by atoms with Gasteiger partial charge in [-0.3, -0.25) is 0 Å². The summed E-state index contributed by atoms with van der Waals surface area (Å²) >= 11 is 0. The molecule has 0 saturated heterocycles. The standard InChI is InChI=1S/C20H26N2O2/c1-24-18-5-3-2-4-17(18)6-7-21-19(23)22-20-11-14-8-15(12-20)10-16(9-14)13-20/h2-7,14-16H,8-13H2,1H3,(H2,21,22,23)/b7-6+. The molecule has 24 heavy (non-hydrogen) atoms. The van der Waals surface area contributed by atoms with Gasteiger partial charge in [0.05, 0.1) is 7.11 Å². The van der Waals surface area contributed by atoms with Gasteiger partial charge >= 0.3 is 6.03 Å². The lowest BCUT2D eigenvalue weighted by Gasteiger charge is -2.56. The molecule has 0 aromatic heterocycles. The Morgan fingerprint density at radius 3 is 2.38 bits per heavy atom. The van der Waals surface area contributed by atoms with E-state index in [2.05, 4.69) is 10.6 Å². The molecule has 4 aliphatic carbocycles. The Morgan fingerprint density at radius 2 is 1.75 bits per heavy atom. The Labute approximate surface area is 143 Å². The van der Waals surface area contributed by atoms with Crippen LogP contribution in [0.1, 0.15) is 44.1 Å². The number of hydrogen-bond donors (Lipinski definition) is 2. The number of hydrogen-bond acceptors (Lipinski definition) is 2. The Kier molecular flexibility index (Phi) is 3.99. The summed E-state index contributed by atoms with van der Waals surface area (Å²) < 4.78 is 5.31. The molecule has 2 N–H and O–H groups in total. The van der Waals surface area contributed by atoms with Gasteiger partial charge in [-0.05, 0) is 68.4 Å². The Balaban J connectivity index is 1.36. The van der Waals surface area contributed by atoms with E-state index in [1.54, 1.807) is 13.3 Å². The van der Waals surface area contributed by atoms with Crippen molar-refractivity contribution in [2.75, 3.05) is 7.11 Å². The maximum atomic E-state index is 12.4. The second-order valence-electron chi connectivity index (χ2n) is 7.87. The van der Waals surface area contributed by atoms with Crippen LogP contribution in [0.2, 0.25) is 0 Å². The van der Waals surface area contributed by atoms with Crippen LogP contribution in [0, 0.1) is 17.8 Å². The average molecular weight is 326 g/mol. The molecule has 4 saturated carbocycles. The second-order valence-corrected chi connectivity index (χ2v) is 7.87. The minimum absolute atomic E-state index is 0.0527. The summed E-state index contributed by atoms with van der Waals surface area (Å²) in [6.45, 7) is 0. The number of carbonyl (C=O) groups is 1. The molecule has 4 nitrogen and oxygen atoms in total. The molecular formula is C20H26N2O2. The number of ether oxygens (including phenoxy) is 1. The van der Waals surface area contributed by atoms with Gasteiger partial charge in [0, 0.05) is 17.3 Å². The number of benzene rings is 1. The van der Waals surface area contributed by atoms with Crippen molar-refractivity contribution < 1.29 is 9.53 Å². The lowest BCUT2D eigenvalue weighted by molar-refractivity contribution is -0.0133. The largest absolute Gasteiger partial charge is 0.496 e. The van der Waals surface area contributed by atoms with Crippen molar-refractivity contribution in [2.24, 2.45) is 17.8 Å². The van der Waals surface area contributed by atoms with Crippen molar-refractivity contribution in [1.29, 1.82) is 0 Å². The van der Waals surface area contributed by atoms with Gasteiger partial charge in [0.25, 0.3) is 0 Å². The number of nitrogens with one attached hydrogen (secondary N) is 2. The molecule has 4 aliphatic rings. The average Bonchev–Trinajstić information content (AvgIpc) is 2.53. The molecule has 0 atom stereocenters. The second kappa shape index (κ2) is 6.15. The minimum atomic E-state index is -0.0805. The SMILES string of the molecule is COc1ccccc1/C=C/NC(=O)NC12CC3CC(CC(C3)C1)C2. The highest BCUT2D eigenvalue weighted by Crippen LogP contribution is 2.55. The quantitative estimate of drug-likeness (QED) is 0.880. The fourth-order valence-electron chi connectivity index (χ4n) is 5.55. The number of rotatable bonds is 4. The summed E-state index contributed by atoms with van der Waals surface area (Å²) in [5.74, 6) is 3.30. The first-order chi connectivity index (χ1) is 11.7. The van der Waals surface area contributed by atoms with Crippen LogP contribution in [-0.4, -0.2) is 18.7 Å². The molecule has 5 rings (SSSR count). The molecule has 0 aliphatic heterocycles. The third-order valence-electron chi connectivity index (χ3n) is 6.03. The first-order valence-corrected chi connectivity index (χ1v) is 9.04. The number of para-hydroxylation sites is 1. The summed E-state index contributed by atoms with van der Waals surface area (Å²) in [4.78, 5) is 12.4. The Bertz CT molecular complexity index is 618. The molecular weight excluding hydrogens is 300 g/mol. The lowest BCUT2D eigenvalue weighted by atomic mass is 9.53. The van der Waals surface area contributed by atoms with E-state index in [1.807, 2.05) is 30.3 Å². The highest BCUT2D eigenvalue weighted by Gasteiger charge is 2.51. The zero-order chi connectivity index (χ0) is 16.6. The summed E-state index contributed by atoms with van der Waals surface area (Å²) in [6.07, 6.45) is 11.2. The van der Waals surface area contributed by atoms with Crippen molar-refractivity contribution >= 4 is 12.1 Å². The Hall–Kier alpha value is -1.97. The van der Waals surface area contributed by atoms with Crippen LogP contribution in [0.5, 0.6) is 5.75 Å². The predicted molar refractivity (Wildman–Crippen MR) is 94.6 cm³/mol. The van der Waals surface area contributed by atoms with Gasteiger partial charge < -0.3 is 15.4 Å². The van der Waals surface area contributed by atoms with Gasteiger partial charge in [0.1, 0.15) is 5.75 Å². The van der Waals surface area contributed by atoms with Crippen LogP contribution in [0.4, 0.5) is 4.79 Å². The van der Waals surface area contributed by atoms with Gasteiger partial charge in [0.2, 0.25) is 0 Å². The number of carbonyl (C=O) groups excluding carboxylic acids is 1. The summed E-state index contributed by atoms with van der Waals surface area (Å²) in [6, 6.07) is 7.69. The summed E-state index contributed by atoms with van der Waals surface area (Å²) in [5.41, 5.74) is 1.01. The molecule has 128 valence electrons. The smallest absolute Gasteiger partial charge is 0.319 e. The van der Waals surface area contributed by atoms with Gasteiger partial charge in [-0.15, -0.1) is 0 Å². The van der Waals surface area contributed by atoms with E-state index in [4.69, 9.17) is 4.74 Å². The van der Waals surface area contributed by atoms with Crippen LogP contribution in [0.3, 0.4) is 0 Å². The van der Waals surface area contributed by atoms with Gasteiger partial charge in [-0.2, -0.15) is 0 Å². The molecule has 4 fully saturated rings. The van der Waals surface area contributed by atoms with Gasteiger partial charge in [0.15, 0.2) is 0 Å². The topological polar surface area (TPSA) is 50.4 Å². The maximum Gasteiger partial charge on any atom is 0.319 e. The highest BCUT2D eigenvalue weighted by molar-refractivity contribution is 5.77. The first-order valence-electron chi connectivity index (χ1n) is 9.04. The molecule has 4 heteroatoms. The van der Waals surface area contributed by atoms with Crippen molar-refractivity contribution in [3.8, 4) is 5.75 Å². The first kappa shape index (κ1) is 15.6. The van der Waals surface area contributed by atoms with Crippen LogP contribution >= 0.6 is 0 Å². The number of amides is 2. The normalized spacial score (nSPS) is 33.6. The molecule has 2 amide bonds. The van der Waals surface area contributed by atoms with E-state index in [0.717, 1.165) is 29.1 Å². The summed E-state index contributed by atoms with van der Waals surface area (Å²) in [7, 11) is 1.65. The van der Waals surface area contributed by atoms with Crippen molar-refractivity contribution in [2.45, 2.75) is 44.1 Å². The van der Waals surface area contributed by atoms with E-state index < -0.39 is 0 Å². The Morgan fingerprint density at radius 1 is 1.12 bits per heavy atom. The van der Waals surface area contributed by atoms with E-state index in [-0.39, 0.29) is 11.6 Å². The third-order valence-corrected chi connectivity index (χ3v) is 6.03. The predicted octanol–water partition coefficient (Wildman–Crippen LogP) is 3.93. The molecule has 0 radical (unpaired) electrons. The molecule has 4 bridgehead atoms. The van der Waals surface area contributed by atoms with Crippen LogP contribution < -0.4 is 15.4 Å². The van der Waals surface area contributed by atoms with E-state index in [9.17, 15) is 4.79 Å². The molecule has 1 aromatic carbocycles. The van der Waals surface area contributed by atoms with E-state index in [1.165, 1.54) is 38.5 Å². The van der Waals surface area contributed by atoms with Crippen LogP contribution in [-0.2, 0) is 0 Å². The molecule has 0 unspecified atom stereocenters. The third kappa shape index (κ3) is 3.02. The van der Waals surface area contributed by atoms with Gasteiger partial charge in [-0.1, -0.05) is 18.2 Å². The van der Waals surface area contributed by atoms with Crippen molar-refractivity contribution in [3.05, 3.63) is 36.0 Å². The van der Waals surface area contributed by atoms with Crippen molar-refractivity contribution in [1.82, 2.24) is 10.6 Å². The summed E-state index contributed by atoms with van der Waals surface area (Å²) in [5, 5.41) is 6.18. The molecule has 0 heterocycles. The fourth-order valence-corrected chi connectivity index (χ4v) is 5.55. The van der Waals surface area contributed by atoms with Gasteiger partial charge in [-0.25, -0.2) is 4.79 Å². The monoisotopic (exact) mass is 326 g/mol. The minimum Gasteiger partial charge on any atom is -0.496 e. The zero-order valence-electron chi connectivity index (χ0n) is 14.3. The molecule has 0 spiro atoms. The van der Waals surface area contributed by atoms with Crippen molar-refractivity contribution in [3.63, 3.8) is 0 Å². The molecule has 1 aromatic rings.